The van der Waals surface area contributed by atoms with Crippen molar-refractivity contribution in [3.05, 3.63) is 154 Å². The molecule has 320 valence electrons. The van der Waals surface area contributed by atoms with Crippen LogP contribution in [0.3, 0.4) is 0 Å². The zero-order valence-corrected chi connectivity index (χ0v) is 36.7. The van der Waals surface area contributed by atoms with Crippen LogP contribution in [0, 0.1) is 27.7 Å². The second kappa shape index (κ2) is 15.7. The summed E-state index contributed by atoms with van der Waals surface area (Å²) < 4.78 is 73.9. The minimum absolute atomic E-state index is 0.0225. The zero-order valence-electron chi connectivity index (χ0n) is 35.1. The lowest BCUT2D eigenvalue weighted by Gasteiger charge is -2.14. The first kappa shape index (κ1) is 41.8. The van der Waals surface area contributed by atoms with E-state index in [0.717, 1.165) is 11.1 Å². The van der Waals surface area contributed by atoms with Gasteiger partial charge in [0.1, 0.15) is 21.3 Å². The number of pyridine rings is 4. The van der Waals surface area contributed by atoms with Crippen molar-refractivity contribution in [3.8, 4) is 45.5 Å². The number of methoxy groups -OCH3 is 2. The highest BCUT2D eigenvalue weighted by atomic mass is 32.2. The SMILES string of the molecule is COc1ccc2c3c(c(OS(=O)(=O)c4ccc(C)cc4)nc2c1C)C(=O)c1ccncc1-3.COc1ccc2c3c(c(OS(=O)(=O)c4ccc(C)cc4)nc2c1C)C(=O)c1cnccc1-3. The Labute approximate surface area is 367 Å². The minimum Gasteiger partial charge on any atom is -0.496 e. The number of benzene rings is 4. The van der Waals surface area contributed by atoms with Crippen molar-refractivity contribution in [1.82, 2.24) is 19.9 Å². The fraction of sp³-hybridized carbons (Fsp3) is 0.125. The van der Waals surface area contributed by atoms with Gasteiger partial charge in [0.05, 0.1) is 36.4 Å². The summed E-state index contributed by atoms with van der Waals surface area (Å²) in [4.78, 5) is 43.7. The van der Waals surface area contributed by atoms with Crippen LogP contribution in [0.1, 0.15) is 54.1 Å². The third-order valence-electron chi connectivity index (χ3n) is 11.2. The number of aryl methyl sites for hydroxylation is 4. The standard InChI is InChI=1S/2C24H18N2O5S/c1-13-4-6-15(7-5-13)32(28,29)31-24-21-20(18-12-25-11-10-16(18)23(21)27)17-8-9-19(30-3)14(2)22(17)26-24;1-13-4-6-15(7-5-13)32(28,29)31-24-21-20(16-10-11-25-12-18(16)23(21)27)17-8-9-19(30-3)14(2)22(17)26-24/h2*4-12H,1-3H3. The van der Waals surface area contributed by atoms with Gasteiger partial charge in [-0.05, 0) is 93.9 Å². The van der Waals surface area contributed by atoms with Crippen LogP contribution in [0.4, 0.5) is 0 Å². The predicted molar refractivity (Wildman–Crippen MR) is 237 cm³/mol. The second-order valence-corrected chi connectivity index (χ2v) is 18.2. The lowest BCUT2D eigenvalue weighted by Crippen LogP contribution is -2.13. The van der Waals surface area contributed by atoms with E-state index in [2.05, 4.69) is 19.9 Å². The van der Waals surface area contributed by atoms with Gasteiger partial charge in [-0.2, -0.15) is 16.8 Å². The molecule has 4 aromatic heterocycles. The average Bonchev–Trinajstić information content (AvgIpc) is 3.76. The largest absolute Gasteiger partial charge is 0.496 e. The Morgan fingerprint density at radius 1 is 0.453 bits per heavy atom. The number of ketones is 2. The summed E-state index contributed by atoms with van der Waals surface area (Å²) in [6.45, 7) is 7.35. The second-order valence-electron chi connectivity index (χ2n) is 15.1. The first-order valence-corrected chi connectivity index (χ1v) is 22.5. The smallest absolute Gasteiger partial charge is 0.340 e. The lowest BCUT2D eigenvalue weighted by atomic mass is 9.99. The Kier molecular flexibility index (Phi) is 10.2. The van der Waals surface area contributed by atoms with Crippen molar-refractivity contribution in [1.29, 1.82) is 0 Å². The van der Waals surface area contributed by atoms with Crippen molar-refractivity contribution >= 4 is 53.6 Å². The van der Waals surface area contributed by atoms with E-state index in [0.29, 0.717) is 77.8 Å². The summed E-state index contributed by atoms with van der Waals surface area (Å²) in [5.74, 6) is -0.0599. The maximum atomic E-state index is 13.3. The molecule has 4 aromatic carbocycles. The molecule has 0 radical (unpaired) electrons. The summed E-state index contributed by atoms with van der Waals surface area (Å²) in [5, 5.41) is 1.40. The molecule has 0 N–H and O–H groups in total. The monoisotopic (exact) mass is 892 g/mol. The molecular formula is C48H36N4O10S2. The van der Waals surface area contributed by atoms with Gasteiger partial charge in [0.2, 0.25) is 17.5 Å². The van der Waals surface area contributed by atoms with Crippen molar-refractivity contribution < 1.29 is 44.3 Å². The summed E-state index contributed by atoms with van der Waals surface area (Å²) >= 11 is 0. The first-order chi connectivity index (χ1) is 30.6. The van der Waals surface area contributed by atoms with Gasteiger partial charge in [0, 0.05) is 74.5 Å². The molecule has 0 bridgehead atoms. The number of rotatable bonds is 8. The molecule has 64 heavy (non-hydrogen) atoms. The highest BCUT2D eigenvalue weighted by Crippen LogP contribution is 2.48. The van der Waals surface area contributed by atoms with Crippen LogP contribution in [0.15, 0.2) is 120 Å². The Balaban J connectivity index is 0.000000162. The molecule has 8 aromatic rings. The molecule has 10 rings (SSSR count). The molecule has 0 amide bonds. The summed E-state index contributed by atoms with van der Waals surface area (Å²) in [7, 11) is -5.35. The van der Waals surface area contributed by atoms with Gasteiger partial charge < -0.3 is 17.8 Å². The quantitative estimate of drug-likeness (QED) is 0.132. The molecule has 0 fully saturated rings. The van der Waals surface area contributed by atoms with Crippen LogP contribution in [-0.4, -0.2) is 62.6 Å². The maximum Gasteiger partial charge on any atom is 0.340 e. The van der Waals surface area contributed by atoms with Crippen LogP contribution in [0.25, 0.3) is 44.1 Å². The molecule has 0 saturated carbocycles. The molecule has 2 aliphatic rings. The topological polar surface area (TPSA) is 191 Å². The van der Waals surface area contributed by atoms with Crippen LogP contribution in [0.5, 0.6) is 23.3 Å². The molecule has 0 saturated heterocycles. The average molecular weight is 893 g/mol. The molecule has 14 nitrogen and oxygen atoms in total. The third-order valence-corrected chi connectivity index (χ3v) is 13.7. The van der Waals surface area contributed by atoms with E-state index in [1.807, 2.05) is 33.8 Å². The zero-order chi connectivity index (χ0) is 45.2. The first-order valence-electron chi connectivity index (χ1n) is 19.7. The molecule has 0 aliphatic heterocycles. The van der Waals surface area contributed by atoms with Gasteiger partial charge >= 0.3 is 20.2 Å². The van der Waals surface area contributed by atoms with Crippen molar-refractivity contribution in [3.63, 3.8) is 0 Å². The number of aromatic nitrogens is 4. The summed E-state index contributed by atoms with van der Waals surface area (Å²) in [6.07, 6.45) is 6.18. The summed E-state index contributed by atoms with van der Waals surface area (Å²) in [6, 6.07) is 23.1. The van der Waals surface area contributed by atoms with E-state index < -0.39 is 20.2 Å². The van der Waals surface area contributed by atoms with E-state index in [1.54, 1.807) is 81.2 Å². The van der Waals surface area contributed by atoms with Gasteiger partial charge in [0.15, 0.2) is 5.78 Å². The highest BCUT2D eigenvalue weighted by molar-refractivity contribution is 7.87. The molecular weight excluding hydrogens is 857 g/mol. The van der Waals surface area contributed by atoms with Crippen LogP contribution in [-0.2, 0) is 20.2 Å². The van der Waals surface area contributed by atoms with Crippen LogP contribution in [0.2, 0.25) is 0 Å². The van der Waals surface area contributed by atoms with Crippen molar-refractivity contribution in [2.24, 2.45) is 0 Å². The number of carbonyl (C=O) groups is 2. The van der Waals surface area contributed by atoms with E-state index >= 15 is 0 Å². The number of ether oxygens (including phenoxy) is 2. The van der Waals surface area contributed by atoms with Crippen molar-refractivity contribution in [2.45, 2.75) is 37.5 Å². The van der Waals surface area contributed by atoms with Crippen LogP contribution < -0.4 is 17.8 Å². The van der Waals surface area contributed by atoms with Gasteiger partial charge in [0.25, 0.3) is 0 Å². The number of hydrogen-bond donors (Lipinski definition) is 0. The van der Waals surface area contributed by atoms with E-state index in [9.17, 15) is 26.4 Å². The van der Waals surface area contributed by atoms with Gasteiger partial charge in [-0.3, -0.25) is 19.6 Å². The van der Waals surface area contributed by atoms with Crippen LogP contribution >= 0.6 is 0 Å². The molecule has 0 atom stereocenters. The lowest BCUT2D eigenvalue weighted by molar-refractivity contribution is 0.103. The van der Waals surface area contributed by atoms with E-state index in [-0.39, 0.29) is 44.2 Å². The Hall–Kier alpha value is -7.56. The van der Waals surface area contributed by atoms with Gasteiger partial charge in [-0.1, -0.05) is 35.4 Å². The molecule has 0 unspecified atom stereocenters. The molecule has 16 heteroatoms. The fourth-order valence-corrected chi connectivity index (χ4v) is 9.75. The molecule has 4 heterocycles. The van der Waals surface area contributed by atoms with Gasteiger partial charge in [-0.15, -0.1) is 0 Å². The minimum atomic E-state index is -4.22. The number of fused-ring (bicyclic) bond motifs is 10. The predicted octanol–water partition coefficient (Wildman–Crippen LogP) is 8.47. The number of hydrogen-bond acceptors (Lipinski definition) is 14. The normalized spacial score (nSPS) is 12.5. The van der Waals surface area contributed by atoms with E-state index in [1.165, 1.54) is 36.7 Å². The van der Waals surface area contributed by atoms with E-state index in [4.69, 9.17) is 17.8 Å². The fourth-order valence-electron chi connectivity index (χ4n) is 7.97. The number of carbonyl (C=O) groups excluding carboxylic acids is 2. The Morgan fingerprint density at radius 2 is 0.859 bits per heavy atom. The van der Waals surface area contributed by atoms with Crippen molar-refractivity contribution in [2.75, 3.05) is 14.2 Å². The highest BCUT2D eigenvalue weighted by Gasteiger charge is 2.37. The van der Waals surface area contributed by atoms with Gasteiger partial charge in [-0.25, -0.2) is 9.97 Å². The molecule has 2 aliphatic carbocycles. The summed E-state index contributed by atoms with van der Waals surface area (Å²) in [5.41, 5.74) is 7.66. The third kappa shape index (κ3) is 6.87. The Morgan fingerprint density at radius 3 is 1.31 bits per heavy atom. The molecule has 0 spiro atoms. The maximum absolute atomic E-state index is 13.3. The Bertz CT molecular complexity index is 3290. The number of nitrogens with zero attached hydrogens (tertiary/aromatic N) is 4.